The average Bonchev–Trinajstić information content (AvgIpc) is 2.66. The maximum atomic E-state index is 5.13. The highest BCUT2D eigenvalue weighted by Crippen LogP contribution is 2.31. The summed E-state index contributed by atoms with van der Waals surface area (Å²) in [7, 11) is 1.67. The zero-order valence-corrected chi connectivity index (χ0v) is 9.24. The van der Waals surface area contributed by atoms with E-state index in [2.05, 4.69) is 4.98 Å². The molecule has 1 N–H and O–H groups in total. The molecular formula is C10H9NOS2. The summed E-state index contributed by atoms with van der Waals surface area (Å²) in [6, 6.07) is 9.78. The number of aromatic nitrogens is 1. The van der Waals surface area contributed by atoms with E-state index in [-0.39, 0.29) is 0 Å². The molecule has 4 heteroatoms. The Kier molecular flexibility index (Phi) is 2.65. The van der Waals surface area contributed by atoms with Crippen LogP contribution in [0, 0.1) is 4.64 Å². The summed E-state index contributed by atoms with van der Waals surface area (Å²) in [4.78, 5) is 4.26. The Hall–Kier alpha value is -1.13. The standard InChI is InChI=1S/C10H9NOS2/c1-12-10-6-5-8(14-10)7-3-2-4-9(13)11-7/h2-6H,1H3,(H,11,13). The van der Waals surface area contributed by atoms with E-state index in [9.17, 15) is 0 Å². The predicted molar refractivity (Wildman–Crippen MR) is 61.5 cm³/mol. The molecule has 0 aliphatic rings. The van der Waals surface area contributed by atoms with Crippen LogP contribution in [0.2, 0.25) is 0 Å². The van der Waals surface area contributed by atoms with Gasteiger partial charge in [-0.1, -0.05) is 29.6 Å². The molecule has 0 aliphatic carbocycles. The van der Waals surface area contributed by atoms with Crippen LogP contribution in [0.3, 0.4) is 0 Å². The molecular weight excluding hydrogens is 214 g/mol. The molecule has 0 bridgehead atoms. The minimum Gasteiger partial charge on any atom is -0.487 e. The summed E-state index contributed by atoms with van der Waals surface area (Å²) in [5, 5.41) is 0.906. The lowest BCUT2D eigenvalue weighted by molar-refractivity contribution is 0.427. The Morgan fingerprint density at radius 3 is 2.79 bits per heavy atom. The van der Waals surface area contributed by atoms with Crippen LogP contribution in [0.1, 0.15) is 0 Å². The van der Waals surface area contributed by atoms with Crippen molar-refractivity contribution in [2.45, 2.75) is 0 Å². The van der Waals surface area contributed by atoms with Gasteiger partial charge in [0.2, 0.25) is 0 Å². The molecule has 0 aromatic carbocycles. The first-order chi connectivity index (χ1) is 6.79. The Labute approximate surface area is 91.2 Å². The monoisotopic (exact) mass is 223 g/mol. The number of nitrogens with one attached hydrogen (secondary N) is 1. The van der Waals surface area contributed by atoms with Crippen LogP contribution < -0.4 is 4.74 Å². The van der Waals surface area contributed by atoms with Crippen LogP contribution >= 0.6 is 23.6 Å². The van der Waals surface area contributed by atoms with E-state index in [0.29, 0.717) is 0 Å². The fourth-order valence-corrected chi connectivity index (χ4v) is 2.16. The van der Waals surface area contributed by atoms with E-state index < -0.39 is 0 Å². The number of hydrogen-bond acceptors (Lipinski definition) is 3. The summed E-state index contributed by atoms with van der Waals surface area (Å²) < 4.78 is 5.87. The van der Waals surface area contributed by atoms with Gasteiger partial charge in [0.1, 0.15) is 4.64 Å². The second-order valence-electron chi connectivity index (χ2n) is 2.75. The average molecular weight is 223 g/mol. The minimum atomic E-state index is 0.745. The van der Waals surface area contributed by atoms with E-state index in [0.717, 1.165) is 20.3 Å². The normalized spacial score (nSPS) is 10.1. The summed E-state index contributed by atoms with van der Waals surface area (Å²) in [6.07, 6.45) is 0. The van der Waals surface area contributed by atoms with Crippen molar-refractivity contribution in [3.05, 3.63) is 35.0 Å². The largest absolute Gasteiger partial charge is 0.487 e. The lowest BCUT2D eigenvalue weighted by Crippen LogP contribution is -1.78. The topological polar surface area (TPSA) is 25.0 Å². The van der Waals surface area contributed by atoms with Crippen molar-refractivity contribution in [2.24, 2.45) is 0 Å². The fourth-order valence-electron chi connectivity index (χ4n) is 1.17. The van der Waals surface area contributed by atoms with Crippen molar-refractivity contribution < 1.29 is 4.74 Å². The second-order valence-corrected chi connectivity index (χ2v) is 4.24. The van der Waals surface area contributed by atoms with E-state index in [1.165, 1.54) is 0 Å². The Morgan fingerprint density at radius 2 is 2.14 bits per heavy atom. The highest BCUT2D eigenvalue weighted by atomic mass is 32.1. The van der Waals surface area contributed by atoms with Gasteiger partial charge >= 0.3 is 0 Å². The van der Waals surface area contributed by atoms with Gasteiger partial charge in [-0.05, 0) is 24.3 Å². The van der Waals surface area contributed by atoms with Gasteiger partial charge in [0.05, 0.1) is 17.7 Å². The van der Waals surface area contributed by atoms with Crippen LogP contribution in [0.25, 0.3) is 10.6 Å². The van der Waals surface area contributed by atoms with Crippen molar-refractivity contribution in [2.75, 3.05) is 7.11 Å². The number of thiophene rings is 1. The molecule has 2 rings (SSSR count). The second kappa shape index (κ2) is 3.94. The molecule has 0 amide bonds. The third kappa shape index (κ3) is 1.86. The quantitative estimate of drug-likeness (QED) is 0.788. The van der Waals surface area contributed by atoms with Crippen molar-refractivity contribution in [3.63, 3.8) is 0 Å². The van der Waals surface area contributed by atoms with Crippen LogP contribution in [0.15, 0.2) is 30.3 Å². The number of pyridine rings is 1. The molecule has 0 unspecified atom stereocenters. The smallest absolute Gasteiger partial charge is 0.173 e. The van der Waals surface area contributed by atoms with E-state index >= 15 is 0 Å². The van der Waals surface area contributed by atoms with E-state index in [1.807, 2.05) is 30.3 Å². The number of hydrogen-bond donors (Lipinski definition) is 1. The zero-order chi connectivity index (χ0) is 9.97. The molecule has 2 nitrogen and oxygen atoms in total. The zero-order valence-electron chi connectivity index (χ0n) is 7.61. The lowest BCUT2D eigenvalue weighted by atomic mass is 10.3. The maximum absolute atomic E-state index is 5.13. The van der Waals surface area contributed by atoms with E-state index in [4.69, 9.17) is 17.0 Å². The third-order valence-corrected chi connectivity index (χ3v) is 3.13. The van der Waals surface area contributed by atoms with Crippen molar-refractivity contribution in [1.82, 2.24) is 4.98 Å². The summed E-state index contributed by atoms with van der Waals surface area (Å²) in [5.41, 5.74) is 1.03. The van der Waals surface area contributed by atoms with Gasteiger partial charge in [-0.15, -0.1) is 0 Å². The van der Waals surface area contributed by atoms with Gasteiger partial charge < -0.3 is 9.72 Å². The first-order valence-corrected chi connectivity index (χ1v) is 5.35. The van der Waals surface area contributed by atoms with Gasteiger partial charge in [-0.25, -0.2) is 0 Å². The van der Waals surface area contributed by atoms with Crippen LogP contribution in [0.5, 0.6) is 5.06 Å². The molecule has 72 valence electrons. The van der Waals surface area contributed by atoms with Crippen molar-refractivity contribution >= 4 is 23.6 Å². The van der Waals surface area contributed by atoms with Crippen LogP contribution in [-0.2, 0) is 0 Å². The highest BCUT2D eigenvalue weighted by molar-refractivity contribution is 7.71. The molecule has 0 spiro atoms. The Bertz CT molecular complexity index is 487. The number of methoxy groups -OCH3 is 1. The van der Waals surface area contributed by atoms with Crippen LogP contribution in [-0.4, -0.2) is 12.1 Å². The first-order valence-electron chi connectivity index (χ1n) is 4.13. The summed E-state index contributed by atoms with van der Waals surface area (Å²) >= 11 is 6.65. The number of H-pyrrole nitrogens is 1. The molecule has 14 heavy (non-hydrogen) atoms. The van der Waals surface area contributed by atoms with Gasteiger partial charge in [0.25, 0.3) is 0 Å². The molecule has 0 atom stereocenters. The van der Waals surface area contributed by atoms with Gasteiger partial charge in [0.15, 0.2) is 5.06 Å². The van der Waals surface area contributed by atoms with Gasteiger partial charge in [0, 0.05) is 0 Å². The molecule has 2 heterocycles. The van der Waals surface area contributed by atoms with Gasteiger partial charge in [-0.2, -0.15) is 0 Å². The molecule has 0 fully saturated rings. The third-order valence-electron chi connectivity index (χ3n) is 1.82. The molecule has 0 aliphatic heterocycles. The lowest BCUT2D eigenvalue weighted by Gasteiger charge is -1.96. The predicted octanol–water partition coefficient (Wildman–Crippen LogP) is 3.48. The molecule has 2 aromatic rings. The van der Waals surface area contributed by atoms with Crippen molar-refractivity contribution in [3.8, 4) is 15.6 Å². The summed E-state index contributed by atoms with van der Waals surface area (Å²) in [5.74, 6) is 0. The van der Waals surface area contributed by atoms with E-state index in [1.54, 1.807) is 18.4 Å². The maximum Gasteiger partial charge on any atom is 0.173 e. The number of aromatic amines is 1. The first kappa shape index (κ1) is 9.43. The number of ether oxygens (including phenoxy) is 1. The fraction of sp³-hybridized carbons (Fsp3) is 0.100. The molecule has 0 saturated heterocycles. The van der Waals surface area contributed by atoms with Crippen molar-refractivity contribution in [1.29, 1.82) is 0 Å². The highest BCUT2D eigenvalue weighted by Gasteiger charge is 2.01. The van der Waals surface area contributed by atoms with Gasteiger partial charge in [-0.3, -0.25) is 0 Å². The Morgan fingerprint density at radius 1 is 1.29 bits per heavy atom. The summed E-state index contributed by atoms with van der Waals surface area (Å²) in [6.45, 7) is 0. The Balaban J connectivity index is 2.44. The molecule has 0 radical (unpaired) electrons. The molecule has 2 aromatic heterocycles. The molecule has 0 saturated carbocycles. The van der Waals surface area contributed by atoms with Crippen LogP contribution in [0.4, 0.5) is 0 Å². The minimum absolute atomic E-state index is 0.745. The number of rotatable bonds is 2. The SMILES string of the molecule is COc1ccc(-c2cccc(=S)[nH]2)s1.